The van der Waals surface area contributed by atoms with E-state index in [1.165, 1.54) is 0 Å². The zero-order valence-corrected chi connectivity index (χ0v) is 15.7. The van der Waals surface area contributed by atoms with E-state index in [9.17, 15) is 4.79 Å². The number of carbonyl (C=O) groups is 1. The summed E-state index contributed by atoms with van der Waals surface area (Å²) in [7, 11) is 4.15. The van der Waals surface area contributed by atoms with Crippen molar-refractivity contribution in [3.63, 3.8) is 0 Å². The third-order valence-electron chi connectivity index (χ3n) is 3.80. The van der Waals surface area contributed by atoms with E-state index in [1.807, 2.05) is 30.0 Å². The Hall–Kier alpha value is -1.20. The highest BCUT2D eigenvalue weighted by molar-refractivity contribution is 8.00. The lowest BCUT2D eigenvalue weighted by atomic mass is 9.92. The van der Waals surface area contributed by atoms with Crippen molar-refractivity contribution in [2.45, 2.75) is 26.1 Å². The van der Waals surface area contributed by atoms with Crippen LogP contribution in [0.4, 0.5) is 0 Å². The van der Waals surface area contributed by atoms with Crippen LogP contribution in [0.5, 0.6) is 5.75 Å². The van der Waals surface area contributed by atoms with Gasteiger partial charge < -0.3 is 14.5 Å². The molecule has 0 bridgehead atoms. The second-order valence-corrected chi connectivity index (χ2v) is 8.13. The van der Waals surface area contributed by atoms with Gasteiger partial charge in [0.2, 0.25) is 5.91 Å². The number of rotatable bonds is 7. The summed E-state index contributed by atoms with van der Waals surface area (Å²) in [5.74, 6) is 1.65. The average molecular weight is 337 g/mol. The smallest absolute Gasteiger partial charge is 0.233 e. The molecule has 1 aliphatic heterocycles. The molecule has 0 radical (unpaired) electrons. The largest absolute Gasteiger partial charge is 0.493 e. The Bertz CT molecular complexity index is 546. The average Bonchev–Trinajstić information content (AvgIpc) is 2.79. The zero-order valence-electron chi connectivity index (χ0n) is 14.8. The van der Waals surface area contributed by atoms with E-state index in [-0.39, 0.29) is 16.7 Å². The number of hydrogen-bond acceptors (Lipinski definition) is 4. The summed E-state index contributed by atoms with van der Waals surface area (Å²) < 4.78 is 5.77. The molecule has 1 heterocycles. The molecule has 0 aliphatic carbocycles. The van der Waals surface area contributed by atoms with Crippen LogP contribution in [0.25, 0.3) is 0 Å². The van der Waals surface area contributed by atoms with Crippen LogP contribution in [0.1, 0.15) is 31.7 Å². The molecule has 1 fully saturated rings. The Morgan fingerprint density at radius 1 is 1.35 bits per heavy atom. The van der Waals surface area contributed by atoms with Crippen molar-refractivity contribution in [1.82, 2.24) is 9.80 Å². The van der Waals surface area contributed by atoms with Gasteiger partial charge in [-0.2, -0.15) is 0 Å². The van der Waals surface area contributed by atoms with E-state index in [0.717, 1.165) is 24.4 Å². The van der Waals surface area contributed by atoms with Crippen molar-refractivity contribution in [2.24, 2.45) is 5.41 Å². The fraction of sp³-hybridized carbons (Fsp3) is 0.611. The zero-order chi connectivity index (χ0) is 17.0. The van der Waals surface area contributed by atoms with Crippen LogP contribution in [0.3, 0.4) is 0 Å². The Balaban J connectivity index is 2.23. The molecule has 0 aromatic heterocycles. The van der Waals surface area contributed by atoms with Gasteiger partial charge in [0.15, 0.2) is 0 Å². The van der Waals surface area contributed by atoms with Crippen molar-refractivity contribution in [1.29, 1.82) is 0 Å². The second-order valence-electron chi connectivity index (χ2n) is 7.06. The standard InChI is InChI=1S/C18H28N2O2S/c1-6-22-15-10-8-7-9-14(15)17-20(16(21)11-23-17)13-18(2,3)12-19(4)5/h7-10,17H,6,11-13H2,1-5H3. The first kappa shape index (κ1) is 18.1. The predicted octanol–water partition coefficient (Wildman–Crippen LogP) is 3.25. The molecule has 1 aromatic carbocycles. The van der Waals surface area contributed by atoms with E-state index in [0.29, 0.717) is 12.4 Å². The molecule has 1 amide bonds. The number of benzene rings is 1. The van der Waals surface area contributed by atoms with Gasteiger partial charge in [-0.3, -0.25) is 4.79 Å². The first-order valence-electron chi connectivity index (χ1n) is 8.11. The Morgan fingerprint density at radius 3 is 2.70 bits per heavy atom. The van der Waals surface area contributed by atoms with Crippen LogP contribution in [0, 0.1) is 5.41 Å². The normalized spacial score (nSPS) is 18.8. The van der Waals surface area contributed by atoms with Crippen molar-refractivity contribution in [3.8, 4) is 5.75 Å². The monoisotopic (exact) mass is 336 g/mol. The Labute approximate surface area is 144 Å². The maximum absolute atomic E-state index is 12.4. The number of thioether (sulfide) groups is 1. The first-order chi connectivity index (χ1) is 10.8. The van der Waals surface area contributed by atoms with Gasteiger partial charge in [-0.05, 0) is 32.5 Å². The topological polar surface area (TPSA) is 32.8 Å². The summed E-state index contributed by atoms with van der Waals surface area (Å²) in [6.45, 7) is 8.75. The van der Waals surface area contributed by atoms with Crippen molar-refractivity contribution < 1.29 is 9.53 Å². The van der Waals surface area contributed by atoms with Gasteiger partial charge in [0, 0.05) is 18.7 Å². The van der Waals surface area contributed by atoms with E-state index in [1.54, 1.807) is 11.8 Å². The predicted molar refractivity (Wildman–Crippen MR) is 96.9 cm³/mol. The summed E-state index contributed by atoms with van der Waals surface area (Å²) in [6, 6.07) is 8.07. The SMILES string of the molecule is CCOc1ccccc1C1SCC(=O)N1CC(C)(C)CN(C)C. The molecule has 128 valence electrons. The molecule has 0 saturated carbocycles. The highest BCUT2D eigenvalue weighted by Crippen LogP contribution is 2.43. The summed E-state index contributed by atoms with van der Waals surface area (Å²) in [6.07, 6.45) is 0. The minimum Gasteiger partial charge on any atom is -0.493 e. The van der Waals surface area contributed by atoms with Crippen molar-refractivity contribution in [3.05, 3.63) is 29.8 Å². The molecule has 4 nitrogen and oxygen atoms in total. The minimum atomic E-state index is 0.0445. The van der Waals surface area contributed by atoms with E-state index >= 15 is 0 Å². The van der Waals surface area contributed by atoms with Crippen LogP contribution in [-0.2, 0) is 4.79 Å². The maximum atomic E-state index is 12.4. The summed E-state index contributed by atoms with van der Waals surface area (Å²) in [5, 5.41) is 0.0479. The first-order valence-corrected chi connectivity index (χ1v) is 9.16. The van der Waals surface area contributed by atoms with Gasteiger partial charge >= 0.3 is 0 Å². The Morgan fingerprint density at radius 2 is 2.04 bits per heavy atom. The van der Waals surface area contributed by atoms with E-state index < -0.39 is 0 Å². The third kappa shape index (κ3) is 4.64. The fourth-order valence-electron chi connectivity index (χ4n) is 3.22. The summed E-state index contributed by atoms with van der Waals surface area (Å²) >= 11 is 1.69. The molecule has 1 aromatic rings. The number of hydrogen-bond donors (Lipinski definition) is 0. The molecule has 23 heavy (non-hydrogen) atoms. The van der Waals surface area contributed by atoms with Crippen LogP contribution in [-0.4, -0.2) is 55.3 Å². The van der Waals surface area contributed by atoms with Gasteiger partial charge in [0.25, 0.3) is 0 Å². The molecule has 1 saturated heterocycles. The van der Waals surface area contributed by atoms with Crippen LogP contribution >= 0.6 is 11.8 Å². The van der Waals surface area contributed by atoms with E-state index in [2.05, 4.69) is 38.9 Å². The van der Waals surface area contributed by atoms with Crippen LogP contribution in [0.2, 0.25) is 0 Å². The summed E-state index contributed by atoms with van der Waals surface area (Å²) in [4.78, 5) is 16.6. The molecule has 5 heteroatoms. The van der Waals surface area contributed by atoms with Crippen LogP contribution < -0.4 is 4.74 Å². The molecule has 1 atom stereocenters. The molecule has 1 unspecified atom stereocenters. The lowest BCUT2D eigenvalue weighted by molar-refractivity contribution is -0.129. The molecular weight excluding hydrogens is 308 g/mol. The fourth-order valence-corrected chi connectivity index (χ4v) is 4.43. The van der Waals surface area contributed by atoms with E-state index in [4.69, 9.17) is 4.74 Å². The second kappa shape index (κ2) is 7.58. The van der Waals surface area contributed by atoms with Crippen molar-refractivity contribution >= 4 is 17.7 Å². The minimum absolute atomic E-state index is 0.0445. The maximum Gasteiger partial charge on any atom is 0.233 e. The third-order valence-corrected chi connectivity index (χ3v) is 5.03. The molecule has 0 N–H and O–H groups in total. The Kier molecular flexibility index (Phi) is 5.98. The molecule has 2 rings (SSSR count). The van der Waals surface area contributed by atoms with Gasteiger partial charge in [-0.25, -0.2) is 0 Å². The molecule has 0 spiro atoms. The number of carbonyl (C=O) groups excluding carboxylic acids is 1. The van der Waals surface area contributed by atoms with Gasteiger partial charge in [0.1, 0.15) is 11.1 Å². The lowest BCUT2D eigenvalue weighted by Gasteiger charge is -2.35. The quantitative estimate of drug-likeness (QED) is 0.765. The van der Waals surface area contributed by atoms with Crippen LogP contribution in [0.15, 0.2) is 24.3 Å². The summed E-state index contributed by atoms with van der Waals surface area (Å²) in [5.41, 5.74) is 1.15. The number of amides is 1. The molecule has 1 aliphatic rings. The number of para-hydroxylation sites is 1. The number of nitrogens with zero attached hydrogens (tertiary/aromatic N) is 2. The van der Waals surface area contributed by atoms with Gasteiger partial charge in [-0.1, -0.05) is 32.0 Å². The van der Waals surface area contributed by atoms with Gasteiger partial charge in [0.05, 0.1) is 12.4 Å². The lowest BCUT2D eigenvalue weighted by Crippen LogP contribution is -2.41. The van der Waals surface area contributed by atoms with Crippen molar-refractivity contribution in [2.75, 3.05) is 39.5 Å². The highest BCUT2D eigenvalue weighted by atomic mass is 32.2. The van der Waals surface area contributed by atoms with Gasteiger partial charge in [-0.15, -0.1) is 11.8 Å². The molecular formula is C18H28N2O2S. The number of ether oxygens (including phenoxy) is 1. The highest BCUT2D eigenvalue weighted by Gasteiger charge is 2.37.